The molecular formula is C20H26N2O3S. The van der Waals surface area contributed by atoms with Crippen molar-refractivity contribution in [2.24, 2.45) is 0 Å². The number of nitrogens with one attached hydrogen (secondary N) is 1. The summed E-state index contributed by atoms with van der Waals surface area (Å²) in [6.07, 6.45) is 2.73. The Bertz CT molecular complexity index is 874. The van der Waals surface area contributed by atoms with Crippen molar-refractivity contribution in [2.45, 2.75) is 33.6 Å². The van der Waals surface area contributed by atoms with E-state index in [1.165, 1.54) is 9.87 Å². The second kappa shape index (κ2) is 8.36. The highest BCUT2D eigenvalue weighted by Crippen LogP contribution is 2.27. The van der Waals surface area contributed by atoms with Gasteiger partial charge in [-0.05, 0) is 48.6 Å². The van der Waals surface area contributed by atoms with E-state index in [4.69, 9.17) is 0 Å². The van der Waals surface area contributed by atoms with E-state index in [9.17, 15) is 13.2 Å². The van der Waals surface area contributed by atoms with Crippen molar-refractivity contribution >= 4 is 27.3 Å². The molecule has 5 nitrogen and oxygen atoms in total. The van der Waals surface area contributed by atoms with Crippen LogP contribution < -0.4 is 9.62 Å². The molecule has 1 amide bonds. The fourth-order valence-corrected chi connectivity index (χ4v) is 3.82. The second-order valence-corrected chi connectivity index (χ2v) is 8.21. The van der Waals surface area contributed by atoms with Gasteiger partial charge in [-0.2, -0.15) is 0 Å². The molecule has 0 bridgehead atoms. The third kappa shape index (κ3) is 4.85. The number of para-hydroxylation sites is 1. The van der Waals surface area contributed by atoms with Crippen molar-refractivity contribution in [1.82, 2.24) is 0 Å². The van der Waals surface area contributed by atoms with Crippen molar-refractivity contribution in [1.29, 1.82) is 0 Å². The number of hydrogen-bond acceptors (Lipinski definition) is 3. The van der Waals surface area contributed by atoms with Crippen LogP contribution in [0.2, 0.25) is 0 Å². The molecule has 0 heterocycles. The van der Waals surface area contributed by atoms with Gasteiger partial charge in [0.1, 0.15) is 6.54 Å². The third-order valence-electron chi connectivity index (χ3n) is 4.29. The van der Waals surface area contributed by atoms with Gasteiger partial charge in [0.2, 0.25) is 15.9 Å². The minimum absolute atomic E-state index is 0.258. The van der Waals surface area contributed by atoms with E-state index >= 15 is 0 Å². The molecular weight excluding hydrogens is 348 g/mol. The van der Waals surface area contributed by atoms with Crippen molar-refractivity contribution in [3.8, 4) is 0 Å². The molecule has 2 rings (SSSR count). The summed E-state index contributed by atoms with van der Waals surface area (Å²) in [6.45, 7) is 5.62. The summed E-state index contributed by atoms with van der Waals surface area (Å²) in [6, 6.07) is 13.2. The number of carbonyl (C=O) groups excluding carboxylic acids is 1. The Kier molecular flexibility index (Phi) is 6.42. The molecule has 2 aromatic rings. The molecule has 6 heteroatoms. The zero-order valence-corrected chi connectivity index (χ0v) is 16.6. The fourth-order valence-electron chi connectivity index (χ4n) is 2.88. The maximum atomic E-state index is 12.5. The topological polar surface area (TPSA) is 66.5 Å². The molecule has 0 aliphatic rings. The zero-order chi connectivity index (χ0) is 19.3. The van der Waals surface area contributed by atoms with E-state index in [2.05, 4.69) is 12.2 Å². The molecule has 0 fully saturated rings. The van der Waals surface area contributed by atoms with Crippen LogP contribution in [0.1, 0.15) is 30.5 Å². The van der Waals surface area contributed by atoms with E-state index in [1.54, 1.807) is 0 Å². The Morgan fingerprint density at radius 2 is 1.69 bits per heavy atom. The molecule has 0 unspecified atom stereocenters. The number of anilines is 2. The summed E-state index contributed by atoms with van der Waals surface area (Å²) >= 11 is 0. The summed E-state index contributed by atoms with van der Waals surface area (Å²) in [5.74, 6) is -0.370. The summed E-state index contributed by atoms with van der Waals surface area (Å²) in [7, 11) is -3.60. The predicted molar refractivity (Wildman–Crippen MR) is 107 cm³/mol. The van der Waals surface area contributed by atoms with E-state index in [1.807, 2.05) is 56.3 Å². The first-order chi connectivity index (χ1) is 12.3. The number of hydrogen-bond donors (Lipinski definition) is 1. The number of amides is 1. The first-order valence-corrected chi connectivity index (χ1v) is 10.6. The Balaban J connectivity index is 2.27. The van der Waals surface area contributed by atoms with Crippen molar-refractivity contribution in [3.05, 3.63) is 59.2 Å². The molecule has 0 atom stereocenters. The van der Waals surface area contributed by atoms with Gasteiger partial charge in [-0.3, -0.25) is 9.10 Å². The van der Waals surface area contributed by atoms with Gasteiger partial charge in [0, 0.05) is 5.69 Å². The number of carbonyl (C=O) groups is 1. The molecule has 0 aromatic heterocycles. The third-order valence-corrected chi connectivity index (χ3v) is 5.40. The first kappa shape index (κ1) is 20.0. The molecule has 26 heavy (non-hydrogen) atoms. The molecule has 0 saturated heterocycles. The van der Waals surface area contributed by atoms with Gasteiger partial charge < -0.3 is 5.32 Å². The smallest absolute Gasteiger partial charge is 0.245 e. The molecule has 1 N–H and O–H groups in total. The lowest BCUT2D eigenvalue weighted by atomic mass is 10.1. The monoisotopic (exact) mass is 374 g/mol. The maximum absolute atomic E-state index is 12.5. The van der Waals surface area contributed by atoms with Gasteiger partial charge in [0.25, 0.3) is 0 Å². The van der Waals surface area contributed by atoms with Crippen molar-refractivity contribution in [2.75, 3.05) is 22.4 Å². The number of benzene rings is 2. The molecule has 0 spiro atoms. The molecule has 0 aliphatic carbocycles. The van der Waals surface area contributed by atoms with Crippen LogP contribution in [0.5, 0.6) is 0 Å². The number of sulfonamides is 1. The molecule has 0 saturated carbocycles. The largest absolute Gasteiger partial charge is 0.325 e. The van der Waals surface area contributed by atoms with Crippen LogP contribution in [0, 0.1) is 6.92 Å². The van der Waals surface area contributed by atoms with Crippen LogP contribution in [0.15, 0.2) is 42.5 Å². The minimum Gasteiger partial charge on any atom is -0.325 e. The van der Waals surface area contributed by atoms with Crippen LogP contribution in [0.4, 0.5) is 11.4 Å². The molecule has 140 valence electrons. The number of rotatable bonds is 7. The highest BCUT2D eigenvalue weighted by Gasteiger charge is 2.24. The van der Waals surface area contributed by atoms with E-state index in [0.717, 1.165) is 23.8 Å². The van der Waals surface area contributed by atoms with E-state index in [-0.39, 0.29) is 12.5 Å². The van der Waals surface area contributed by atoms with E-state index in [0.29, 0.717) is 17.8 Å². The van der Waals surface area contributed by atoms with Gasteiger partial charge in [-0.1, -0.05) is 44.2 Å². The standard InChI is InChI=1S/C20H26N2O3S/c1-5-16-10-12-18(13-11-16)21-19(23)14-22(26(4,24)25)20-15(3)8-7-9-17(20)6-2/h7-13H,5-6,14H2,1-4H3,(H,21,23). The molecule has 0 aliphatic heterocycles. The van der Waals surface area contributed by atoms with Gasteiger partial charge in [-0.25, -0.2) is 8.42 Å². The van der Waals surface area contributed by atoms with Crippen LogP contribution in [0.3, 0.4) is 0 Å². The summed E-state index contributed by atoms with van der Waals surface area (Å²) in [5.41, 5.74) is 4.15. The first-order valence-electron chi connectivity index (χ1n) is 8.71. The average molecular weight is 375 g/mol. The maximum Gasteiger partial charge on any atom is 0.245 e. The lowest BCUT2D eigenvalue weighted by Gasteiger charge is -2.26. The average Bonchev–Trinajstić information content (AvgIpc) is 2.59. The van der Waals surface area contributed by atoms with Gasteiger partial charge in [0.15, 0.2) is 0 Å². The quantitative estimate of drug-likeness (QED) is 0.806. The highest BCUT2D eigenvalue weighted by molar-refractivity contribution is 7.92. The summed E-state index contributed by atoms with van der Waals surface area (Å²) < 4.78 is 25.9. The van der Waals surface area contributed by atoms with Crippen molar-refractivity contribution < 1.29 is 13.2 Å². The highest BCUT2D eigenvalue weighted by atomic mass is 32.2. The molecule has 0 radical (unpaired) electrons. The summed E-state index contributed by atoms with van der Waals surface area (Å²) in [5, 5.41) is 2.78. The summed E-state index contributed by atoms with van der Waals surface area (Å²) in [4.78, 5) is 12.5. The zero-order valence-electron chi connectivity index (χ0n) is 15.7. The van der Waals surface area contributed by atoms with Crippen LogP contribution in [0.25, 0.3) is 0 Å². The Morgan fingerprint density at radius 1 is 1.04 bits per heavy atom. The lowest BCUT2D eigenvalue weighted by Crippen LogP contribution is -2.38. The Hall–Kier alpha value is -2.34. The van der Waals surface area contributed by atoms with Gasteiger partial charge >= 0.3 is 0 Å². The SMILES string of the molecule is CCc1ccc(NC(=O)CN(c2c(C)cccc2CC)S(C)(=O)=O)cc1. The van der Waals surface area contributed by atoms with Crippen LogP contribution in [-0.2, 0) is 27.7 Å². The lowest BCUT2D eigenvalue weighted by molar-refractivity contribution is -0.114. The Labute approximate surface area is 156 Å². The number of aryl methyl sites for hydroxylation is 3. The van der Waals surface area contributed by atoms with Gasteiger partial charge in [0.05, 0.1) is 11.9 Å². The van der Waals surface area contributed by atoms with Crippen LogP contribution >= 0.6 is 0 Å². The normalized spacial score (nSPS) is 11.2. The van der Waals surface area contributed by atoms with Crippen molar-refractivity contribution in [3.63, 3.8) is 0 Å². The second-order valence-electron chi connectivity index (χ2n) is 6.30. The van der Waals surface area contributed by atoms with Crippen LogP contribution in [-0.4, -0.2) is 27.1 Å². The van der Waals surface area contributed by atoms with E-state index < -0.39 is 10.0 Å². The Morgan fingerprint density at radius 3 is 2.23 bits per heavy atom. The number of nitrogens with zero attached hydrogens (tertiary/aromatic N) is 1. The minimum atomic E-state index is -3.60. The predicted octanol–water partition coefficient (Wildman–Crippen LogP) is 3.52. The fraction of sp³-hybridized carbons (Fsp3) is 0.350. The molecule has 2 aromatic carbocycles. The van der Waals surface area contributed by atoms with Gasteiger partial charge in [-0.15, -0.1) is 0 Å².